The van der Waals surface area contributed by atoms with Gasteiger partial charge < -0.3 is 14.4 Å². The quantitative estimate of drug-likeness (QED) is 0.712. The summed E-state index contributed by atoms with van der Waals surface area (Å²) in [4.78, 5) is 21.6. The molecule has 0 unspecified atom stereocenters. The Labute approximate surface area is 157 Å². The summed E-state index contributed by atoms with van der Waals surface area (Å²) in [5.41, 5.74) is 4.37. The Morgan fingerprint density at radius 3 is 2.54 bits per heavy atom. The number of piperazine rings is 1. The van der Waals surface area contributed by atoms with E-state index in [9.17, 15) is 4.79 Å². The van der Waals surface area contributed by atoms with E-state index in [0.29, 0.717) is 5.69 Å². The molecule has 6 heteroatoms. The Morgan fingerprint density at radius 2 is 1.81 bits per heavy atom. The Morgan fingerprint density at radius 1 is 1.08 bits per heavy atom. The molecular formula is C20H22N4OS. The Hall–Kier alpha value is -2.60. The molecule has 0 N–H and O–H groups in total. The smallest absolute Gasteiger partial charge is 0.273 e. The lowest BCUT2D eigenvalue weighted by molar-refractivity contribution is 0.0741. The van der Waals surface area contributed by atoms with E-state index in [1.807, 2.05) is 39.4 Å². The molecule has 4 rings (SSSR count). The second-order valence-electron chi connectivity index (χ2n) is 6.67. The summed E-state index contributed by atoms with van der Waals surface area (Å²) in [6.45, 7) is 7.41. The van der Waals surface area contributed by atoms with E-state index < -0.39 is 0 Å². The molecule has 134 valence electrons. The van der Waals surface area contributed by atoms with Crippen molar-refractivity contribution in [1.82, 2.24) is 14.5 Å². The van der Waals surface area contributed by atoms with Gasteiger partial charge in [0.15, 0.2) is 5.13 Å². The number of aryl methyl sites for hydroxylation is 2. The second kappa shape index (κ2) is 6.96. The average Bonchev–Trinajstić information content (AvgIpc) is 3.35. The highest BCUT2D eigenvalue weighted by molar-refractivity contribution is 7.12. The number of carbonyl (C=O) groups excluding carboxylic acids is 1. The minimum absolute atomic E-state index is 0.0280. The van der Waals surface area contributed by atoms with Gasteiger partial charge in [0.1, 0.15) is 5.69 Å². The van der Waals surface area contributed by atoms with Crippen molar-refractivity contribution in [2.45, 2.75) is 13.8 Å². The lowest BCUT2D eigenvalue weighted by atomic mass is 10.1. The zero-order valence-corrected chi connectivity index (χ0v) is 15.9. The summed E-state index contributed by atoms with van der Waals surface area (Å²) in [6.07, 6.45) is 3.88. The predicted octanol–water partition coefficient (Wildman–Crippen LogP) is 3.51. The number of aromatic nitrogens is 2. The van der Waals surface area contributed by atoms with E-state index in [2.05, 4.69) is 41.9 Å². The van der Waals surface area contributed by atoms with Gasteiger partial charge in [-0.05, 0) is 43.2 Å². The van der Waals surface area contributed by atoms with E-state index in [4.69, 9.17) is 0 Å². The predicted molar refractivity (Wildman–Crippen MR) is 105 cm³/mol. The molecule has 2 aromatic heterocycles. The fourth-order valence-electron chi connectivity index (χ4n) is 3.32. The van der Waals surface area contributed by atoms with Crippen LogP contribution in [-0.4, -0.2) is 46.5 Å². The summed E-state index contributed by atoms with van der Waals surface area (Å²) in [7, 11) is 0. The third-order valence-electron chi connectivity index (χ3n) is 4.81. The maximum atomic E-state index is 12.8. The molecule has 3 heterocycles. The summed E-state index contributed by atoms with van der Waals surface area (Å²) >= 11 is 1.49. The Kier molecular flexibility index (Phi) is 4.51. The highest BCUT2D eigenvalue weighted by Gasteiger charge is 2.24. The summed E-state index contributed by atoms with van der Waals surface area (Å²) in [5.74, 6) is 0.0280. The first-order chi connectivity index (χ1) is 12.6. The van der Waals surface area contributed by atoms with Gasteiger partial charge in [-0.2, -0.15) is 0 Å². The maximum Gasteiger partial charge on any atom is 0.273 e. The van der Waals surface area contributed by atoms with Gasteiger partial charge in [0.2, 0.25) is 0 Å². The SMILES string of the molecule is Cc1ccc(C)c(N2CCN(C(=O)c3csc(-n4cccc4)n3)CC2)c1. The van der Waals surface area contributed by atoms with Crippen LogP contribution in [0.1, 0.15) is 21.6 Å². The number of benzene rings is 1. The lowest BCUT2D eigenvalue weighted by Gasteiger charge is -2.36. The maximum absolute atomic E-state index is 12.8. The van der Waals surface area contributed by atoms with Crippen molar-refractivity contribution in [2.75, 3.05) is 31.1 Å². The second-order valence-corrected chi connectivity index (χ2v) is 7.51. The third kappa shape index (κ3) is 3.24. The van der Waals surface area contributed by atoms with Crippen LogP contribution in [0.3, 0.4) is 0 Å². The largest absolute Gasteiger partial charge is 0.368 e. The van der Waals surface area contributed by atoms with Gasteiger partial charge in [-0.25, -0.2) is 4.98 Å². The van der Waals surface area contributed by atoms with Crippen LogP contribution >= 0.6 is 11.3 Å². The molecule has 1 amide bonds. The molecule has 0 saturated carbocycles. The molecule has 1 aliphatic rings. The number of hydrogen-bond acceptors (Lipinski definition) is 4. The van der Waals surface area contributed by atoms with E-state index >= 15 is 0 Å². The van der Waals surface area contributed by atoms with Crippen molar-refractivity contribution >= 4 is 22.9 Å². The van der Waals surface area contributed by atoms with E-state index in [-0.39, 0.29) is 5.91 Å². The van der Waals surface area contributed by atoms with Crippen LogP contribution in [0.15, 0.2) is 48.1 Å². The molecule has 0 radical (unpaired) electrons. The van der Waals surface area contributed by atoms with Crippen molar-refractivity contribution in [2.24, 2.45) is 0 Å². The first-order valence-corrected chi connectivity index (χ1v) is 9.70. The van der Waals surface area contributed by atoms with E-state index in [1.54, 1.807) is 0 Å². The van der Waals surface area contributed by atoms with E-state index in [1.165, 1.54) is 28.2 Å². The highest BCUT2D eigenvalue weighted by atomic mass is 32.1. The monoisotopic (exact) mass is 366 g/mol. The molecule has 3 aromatic rings. The summed E-state index contributed by atoms with van der Waals surface area (Å²) in [6, 6.07) is 10.4. The van der Waals surface area contributed by atoms with Gasteiger partial charge in [-0.15, -0.1) is 11.3 Å². The van der Waals surface area contributed by atoms with Crippen LogP contribution in [0, 0.1) is 13.8 Å². The molecule has 1 aliphatic heterocycles. The van der Waals surface area contributed by atoms with Crippen LogP contribution in [0.2, 0.25) is 0 Å². The van der Waals surface area contributed by atoms with Gasteiger partial charge in [-0.1, -0.05) is 12.1 Å². The van der Waals surface area contributed by atoms with Gasteiger partial charge in [0.05, 0.1) is 0 Å². The molecule has 1 saturated heterocycles. The van der Waals surface area contributed by atoms with Crippen LogP contribution < -0.4 is 4.90 Å². The van der Waals surface area contributed by atoms with E-state index in [0.717, 1.165) is 31.3 Å². The summed E-state index contributed by atoms with van der Waals surface area (Å²) < 4.78 is 1.93. The van der Waals surface area contributed by atoms with Crippen molar-refractivity contribution in [3.8, 4) is 5.13 Å². The van der Waals surface area contributed by atoms with Gasteiger partial charge in [0, 0.05) is 49.6 Å². The van der Waals surface area contributed by atoms with Crippen LogP contribution in [-0.2, 0) is 0 Å². The number of rotatable bonds is 3. The molecule has 5 nitrogen and oxygen atoms in total. The van der Waals surface area contributed by atoms with Crippen LogP contribution in [0.5, 0.6) is 0 Å². The van der Waals surface area contributed by atoms with Crippen LogP contribution in [0.4, 0.5) is 5.69 Å². The molecule has 0 aliphatic carbocycles. The Balaban J connectivity index is 1.43. The molecule has 26 heavy (non-hydrogen) atoms. The molecule has 1 aromatic carbocycles. The zero-order valence-electron chi connectivity index (χ0n) is 15.1. The highest BCUT2D eigenvalue weighted by Crippen LogP contribution is 2.23. The number of hydrogen-bond donors (Lipinski definition) is 0. The number of carbonyl (C=O) groups is 1. The number of nitrogens with zero attached hydrogens (tertiary/aromatic N) is 4. The first kappa shape index (κ1) is 16.8. The normalized spacial score (nSPS) is 14.7. The number of thiazole rings is 1. The van der Waals surface area contributed by atoms with Crippen molar-refractivity contribution in [1.29, 1.82) is 0 Å². The number of amides is 1. The zero-order chi connectivity index (χ0) is 18.1. The molecule has 0 atom stereocenters. The minimum Gasteiger partial charge on any atom is -0.368 e. The van der Waals surface area contributed by atoms with Crippen molar-refractivity contribution in [3.63, 3.8) is 0 Å². The summed E-state index contributed by atoms with van der Waals surface area (Å²) in [5, 5.41) is 2.68. The lowest BCUT2D eigenvalue weighted by Crippen LogP contribution is -2.49. The third-order valence-corrected chi connectivity index (χ3v) is 5.66. The first-order valence-electron chi connectivity index (χ1n) is 8.82. The standard InChI is InChI=1S/C20H22N4OS/c1-15-5-6-16(2)18(13-15)22-9-11-23(12-10-22)19(25)17-14-26-20(21-17)24-7-3-4-8-24/h3-8,13-14H,9-12H2,1-2H3. The Bertz CT molecular complexity index is 908. The fourth-order valence-corrected chi connectivity index (χ4v) is 4.08. The van der Waals surface area contributed by atoms with Gasteiger partial charge >= 0.3 is 0 Å². The van der Waals surface area contributed by atoms with Crippen molar-refractivity contribution in [3.05, 3.63) is 64.9 Å². The minimum atomic E-state index is 0.0280. The average molecular weight is 366 g/mol. The van der Waals surface area contributed by atoms with Crippen molar-refractivity contribution < 1.29 is 4.79 Å². The molecule has 0 spiro atoms. The van der Waals surface area contributed by atoms with Gasteiger partial charge in [-0.3, -0.25) is 4.79 Å². The number of anilines is 1. The molecular weight excluding hydrogens is 344 g/mol. The molecule has 1 fully saturated rings. The fraction of sp³-hybridized carbons (Fsp3) is 0.300. The van der Waals surface area contributed by atoms with Crippen LogP contribution in [0.25, 0.3) is 5.13 Å². The topological polar surface area (TPSA) is 41.4 Å². The molecule has 0 bridgehead atoms. The van der Waals surface area contributed by atoms with Gasteiger partial charge in [0.25, 0.3) is 5.91 Å².